The van der Waals surface area contributed by atoms with Crippen molar-refractivity contribution in [1.82, 2.24) is 9.97 Å². The van der Waals surface area contributed by atoms with Gasteiger partial charge in [0, 0.05) is 24.2 Å². The average molecular weight is 386 g/mol. The number of nitrogens with zero attached hydrogens (tertiary/aromatic N) is 2. The highest BCUT2D eigenvalue weighted by Crippen LogP contribution is 2.41. The molecule has 2 unspecified atom stereocenters. The Bertz CT molecular complexity index is 741. The van der Waals surface area contributed by atoms with Gasteiger partial charge in [-0.05, 0) is 29.5 Å². The molecule has 3 rings (SSSR count). The molecule has 0 amide bonds. The lowest BCUT2D eigenvalue weighted by molar-refractivity contribution is 0.414. The second-order valence-corrected chi connectivity index (χ2v) is 6.09. The number of halogens is 2. The maximum absolute atomic E-state index is 6.02. The highest BCUT2D eigenvalue weighted by Gasteiger charge is 2.23. The molecule has 5 N–H and O–H groups in total. The smallest absolute Gasteiger partial charge is 0.221 e. The monoisotopic (exact) mass is 385 g/mol. The Labute approximate surface area is 160 Å². The van der Waals surface area contributed by atoms with Crippen molar-refractivity contribution in [3.63, 3.8) is 0 Å². The molecule has 2 aromatic rings. The van der Waals surface area contributed by atoms with Gasteiger partial charge in [-0.3, -0.25) is 0 Å². The number of rotatable bonds is 3. The number of anilines is 3. The van der Waals surface area contributed by atoms with Gasteiger partial charge in [0.25, 0.3) is 0 Å². The van der Waals surface area contributed by atoms with E-state index in [1.165, 1.54) is 5.56 Å². The quantitative estimate of drug-likeness (QED) is 0.746. The number of benzene rings is 1. The lowest BCUT2D eigenvalue weighted by Crippen LogP contribution is -2.17. The lowest BCUT2D eigenvalue weighted by atomic mass is 9.86. The van der Waals surface area contributed by atoms with Crippen molar-refractivity contribution in [2.24, 2.45) is 0 Å². The molecule has 0 fully saturated rings. The maximum Gasteiger partial charge on any atom is 0.221 e. The third-order valence-corrected chi connectivity index (χ3v) is 4.62. The van der Waals surface area contributed by atoms with Gasteiger partial charge in [0.05, 0.1) is 12.8 Å². The van der Waals surface area contributed by atoms with Crippen LogP contribution in [0, 0.1) is 0 Å². The topological polar surface area (TPSA) is 99.1 Å². The first-order valence-corrected chi connectivity index (χ1v) is 7.84. The number of nitrogens with one attached hydrogen (secondary N) is 1. The fourth-order valence-corrected chi connectivity index (χ4v) is 3.15. The zero-order chi connectivity index (χ0) is 16.6. The van der Waals surface area contributed by atoms with Crippen molar-refractivity contribution in [1.29, 1.82) is 0 Å². The van der Waals surface area contributed by atoms with Crippen LogP contribution in [0.25, 0.3) is 0 Å². The molecule has 6 nitrogen and oxygen atoms in total. The summed E-state index contributed by atoms with van der Waals surface area (Å²) < 4.78 is 5.59. The number of ether oxygens (including phenoxy) is 1. The van der Waals surface area contributed by atoms with Gasteiger partial charge < -0.3 is 21.5 Å². The molecule has 1 aliphatic heterocycles. The van der Waals surface area contributed by atoms with E-state index in [0.29, 0.717) is 11.7 Å². The second kappa shape index (κ2) is 8.45. The summed E-state index contributed by atoms with van der Waals surface area (Å²) in [5.74, 6) is 2.04. The molecule has 0 saturated carbocycles. The van der Waals surface area contributed by atoms with Crippen LogP contribution in [0.4, 0.5) is 17.5 Å². The lowest BCUT2D eigenvalue weighted by Gasteiger charge is -2.27. The third-order valence-electron chi connectivity index (χ3n) is 4.62. The first-order valence-electron chi connectivity index (χ1n) is 7.84. The first kappa shape index (κ1) is 21.1. The van der Waals surface area contributed by atoms with Crippen LogP contribution in [-0.2, 0) is 0 Å². The Morgan fingerprint density at radius 2 is 2.00 bits per heavy atom. The molecule has 0 aliphatic carbocycles. The molecule has 1 aliphatic rings. The Balaban J connectivity index is 0.00000156. The van der Waals surface area contributed by atoms with Crippen LogP contribution in [0.1, 0.15) is 48.8 Å². The van der Waals surface area contributed by atoms with E-state index < -0.39 is 0 Å². The summed E-state index contributed by atoms with van der Waals surface area (Å²) in [5.41, 5.74) is 16.0. The number of fused-ring (bicyclic) bond motifs is 1. The van der Waals surface area contributed by atoms with Crippen LogP contribution in [-0.4, -0.2) is 23.6 Å². The van der Waals surface area contributed by atoms with E-state index in [1.54, 1.807) is 13.3 Å². The molecule has 8 heteroatoms. The van der Waals surface area contributed by atoms with Crippen LogP contribution in [0.3, 0.4) is 0 Å². The molecule has 0 bridgehead atoms. The largest absolute Gasteiger partial charge is 0.495 e. The Morgan fingerprint density at radius 1 is 1.28 bits per heavy atom. The summed E-state index contributed by atoms with van der Waals surface area (Å²) in [6.45, 7) is 5.31. The normalized spacial score (nSPS) is 16.5. The summed E-state index contributed by atoms with van der Waals surface area (Å²) in [6.07, 6.45) is 2.82. The van der Waals surface area contributed by atoms with Crippen molar-refractivity contribution < 1.29 is 4.74 Å². The SMILES string of the molecule is COc1cc(C(C)c2cnc(N)nc2N)cc2c1NCCC2C.Cl.Cl. The number of nitrogen functional groups attached to an aromatic ring is 2. The van der Waals surface area contributed by atoms with Gasteiger partial charge in [-0.2, -0.15) is 4.98 Å². The third kappa shape index (κ3) is 4.02. The van der Waals surface area contributed by atoms with Gasteiger partial charge in [-0.15, -0.1) is 24.8 Å². The highest BCUT2D eigenvalue weighted by atomic mass is 35.5. The van der Waals surface area contributed by atoms with Crippen molar-refractivity contribution in [3.05, 3.63) is 35.0 Å². The van der Waals surface area contributed by atoms with Gasteiger partial charge in [0.1, 0.15) is 11.6 Å². The molecule has 2 atom stereocenters. The number of hydrogen-bond donors (Lipinski definition) is 3. The van der Waals surface area contributed by atoms with Crippen molar-refractivity contribution in [3.8, 4) is 5.75 Å². The van der Waals surface area contributed by atoms with Gasteiger partial charge >= 0.3 is 0 Å². The zero-order valence-corrected chi connectivity index (χ0v) is 16.2. The standard InChI is InChI=1S/C17H23N5O.2ClH/c1-9-4-5-20-15-12(9)6-11(7-14(15)23-3)10(2)13-8-21-17(19)22-16(13)18;;/h6-10,20H,4-5H2,1-3H3,(H4,18,19,21,22);2*1H. The molecule has 1 aromatic heterocycles. The fourth-order valence-electron chi connectivity index (χ4n) is 3.15. The summed E-state index contributed by atoms with van der Waals surface area (Å²) in [7, 11) is 1.70. The first-order chi connectivity index (χ1) is 11.0. The second-order valence-electron chi connectivity index (χ2n) is 6.09. The molecule has 25 heavy (non-hydrogen) atoms. The van der Waals surface area contributed by atoms with Gasteiger partial charge in [-0.25, -0.2) is 4.98 Å². The maximum atomic E-state index is 6.02. The molecular formula is C17H25Cl2N5O. The number of aromatic nitrogens is 2. The Morgan fingerprint density at radius 3 is 2.64 bits per heavy atom. The van der Waals surface area contributed by atoms with E-state index in [1.807, 2.05) is 0 Å². The van der Waals surface area contributed by atoms with E-state index in [2.05, 4.69) is 41.3 Å². The molecule has 0 saturated heterocycles. The predicted octanol–water partition coefficient (Wildman–Crippen LogP) is 3.56. The number of methoxy groups -OCH3 is 1. The minimum absolute atomic E-state index is 0. The van der Waals surface area contributed by atoms with Gasteiger partial charge in [0.15, 0.2) is 0 Å². The van der Waals surface area contributed by atoms with Crippen LogP contribution in [0.2, 0.25) is 0 Å². The minimum atomic E-state index is 0. The van der Waals surface area contributed by atoms with E-state index in [9.17, 15) is 0 Å². The van der Waals surface area contributed by atoms with Crippen LogP contribution < -0.4 is 21.5 Å². The van der Waals surface area contributed by atoms with Crippen LogP contribution in [0.5, 0.6) is 5.75 Å². The summed E-state index contributed by atoms with van der Waals surface area (Å²) in [6, 6.07) is 4.29. The minimum Gasteiger partial charge on any atom is -0.495 e. The highest BCUT2D eigenvalue weighted by molar-refractivity contribution is 5.85. The van der Waals surface area contributed by atoms with Crippen molar-refractivity contribution >= 4 is 42.3 Å². The van der Waals surface area contributed by atoms with Crippen LogP contribution in [0.15, 0.2) is 18.3 Å². The molecule has 138 valence electrons. The molecule has 1 aromatic carbocycles. The van der Waals surface area contributed by atoms with Gasteiger partial charge in [0.2, 0.25) is 5.95 Å². The molecular weight excluding hydrogens is 361 g/mol. The molecule has 2 heterocycles. The summed E-state index contributed by atoms with van der Waals surface area (Å²) in [4.78, 5) is 8.14. The van der Waals surface area contributed by atoms with Crippen LogP contribution >= 0.6 is 24.8 Å². The zero-order valence-electron chi connectivity index (χ0n) is 14.6. The fraction of sp³-hybridized carbons (Fsp3) is 0.412. The summed E-state index contributed by atoms with van der Waals surface area (Å²) >= 11 is 0. The van der Waals surface area contributed by atoms with E-state index >= 15 is 0 Å². The summed E-state index contributed by atoms with van der Waals surface area (Å²) in [5, 5.41) is 3.45. The Kier molecular flexibility index (Phi) is 7.14. The predicted molar refractivity (Wildman–Crippen MR) is 107 cm³/mol. The van der Waals surface area contributed by atoms with Crippen molar-refractivity contribution in [2.45, 2.75) is 32.1 Å². The number of nitrogens with two attached hydrogens (primary N) is 2. The van der Waals surface area contributed by atoms with E-state index in [0.717, 1.165) is 35.5 Å². The van der Waals surface area contributed by atoms with E-state index in [4.69, 9.17) is 16.2 Å². The molecule has 0 radical (unpaired) electrons. The molecule has 0 spiro atoms. The number of hydrogen-bond acceptors (Lipinski definition) is 6. The Hall–Kier alpha value is -1.92. The average Bonchev–Trinajstić information content (AvgIpc) is 2.54. The van der Waals surface area contributed by atoms with Gasteiger partial charge in [-0.1, -0.05) is 19.9 Å². The van der Waals surface area contributed by atoms with E-state index in [-0.39, 0.29) is 36.7 Å². The van der Waals surface area contributed by atoms with Crippen molar-refractivity contribution in [2.75, 3.05) is 30.4 Å².